The van der Waals surface area contributed by atoms with Crippen molar-refractivity contribution in [1.82, 2.24) is 5.32 Å². The van der Waals surface area contributed by atoms with Crippen molar-refractivity contribution in [1.29, 1.82) is 0 Å². The zero-order chi connectivity index (χ0) is 15.5. The Bertz CT molecular complexity index is 534. The molecule has 2 heteroatoms. The van der Waals surface area contributed by atoms with Gasteiger partial charge >= 0.3 is 0 Å². The maximum absolute atomic E-state index is 3.75. The van der Waals surface area contributed by atoms with Crippen molar-refractivity contribution in [3.8, 4) is 0 Å². The molecular weight excluding hydrogens is 274 g/mol. The van der Waals surface area contributed by atoms with Gasteiger partial charge in [-0.2, -0.15) is 0 Å². The average Bonchev–Trinajstić information content (AvgIpc) is 2.97. The minimum absolute atomic E-state index is 0.220. The van der Waals surface area contributed by atoms with Gasteiger partial charge in [0.1, 0.15) is 0 Å². The molecule has 0 aliphatic heterocycles. The van der Waals surface area contributed by atoms with Crippen molar-refractivity contribution < 1.29 is 0 Å². The number of rotatable bonds is 5. The van der Waals surface area contributed by atoms with Gasteiger partial charge in [0.15, 0.2) is 0 Å². The molecule has 21 heavy (non-hydrogen) atoms. The molecular formula is C19H27NS. The van der Waals surface area contributed by atoms with Gasteiger partial charge in [0, 0.05) is 17.0 Å². The van der Waals surface area contributed by atoms with E-state index >= 15 is 0 Å². The summed E-state index contributed by atoms with van der Waals surface area (Å²) in [6, 6.07) is 14.2. The van der Waals surface area contributed by atoms with Crippen molar-refractivity contribution in [2.24, 2.45) is 0 Å². The van der Waals surface area contributed by atoms with Gasteiger partial charge in [-0.25, -0.2) is 0 Å². The first kappa shape index (κ1) is 16.3. The highest BCUT2D eigenvalue weighted by molar-refractivity contribution is 7.10. The molecule has 0 amide bonds. The third kappa shape index (κ3) is 4.18. The summed E-state index contributed by atoms with van der Waals surface area (Å²) in [5.74, 6) is 0. The molecule has 0 aliphatic carbocycles. The molecule has 0 saturated heterocycles. The molecule has 0 fully saturated rings. The Labute approximate surface area is 133 Å². The molecule has 0 bridgehead atoms. The van der Waals surface area contributed by atoms with Crippen LogP contribution in [0.1, 0.15) is 69.1 Å². The predicted molar refractivity (Wildman–Crippen MR) is 94.0 cm³/mol. The predicted octanol–water partition coefficient (Wildman–Crippen LogP) is 5.85. The van der Waals surface area contributed by atoms with Gasteiger partial charge in [-0.05, 0) is 41.3 Å². The number of thiophene rings is 1. The summed E-state index contributed by atoms with van der Waals surface area (Å²) in [4.78, 5) is 1.43. The highest BCUT2D eigenvalue weighted by Gasteiger charge is 2.16. The van der Waals surface area contributed by atoms with E-state index in [0.717, 1.165) is 6.42 Å². The van der Waals surface area contributed by atoms with Crippen LogP contribution in [0.5, 0.6) is 0 Å². The molecule has 1 nitrogen and oxygen atoms in total. The van der Waals surface area contributed by atoms with Crippen LogP contribution >= 0.6 is 11.3 Å². The van der Waals surface area contributed by atoms with Crippen LogP contribution in [-0.2, 0) is 5.41 Å². The lowest BCUT2D eigenvalue weighted by Gasteiger charge is -2.23. The monoisotopic (exact) mass is 301 g/mol. The van der Waals surface area contributed by atoms with Crippen LogP contribution in [-0.4, -0.2) is 0 Å². The number of hydrogen-bond donors (Lipinski definition) is 1. The van der Waals surface area contributed by atoms with E-state index in [9.17, 15) is 0 Å². The van der Waals surface area contributed by atoms with E-state index in [0.29, 0.717) is 12.1 Å². The van der Waals surface area contributed by atoms with Crippen LogP contribution in [0.3, 0.4) is 0 Å². The summed E-state index contributed by atoms with van der Waals surface area (Å²) in [6.45, 7) is 11.3. The van der Waals surface area contributed by atoms with Crippen LogP contribution in [0.2, 0.25) is 0 Å². The van der Waals surface area contributed by atoms with E-state index in [1.54, 1.807) is 0 Å². The third-order valence-electron chi connectivity index (χ3n) is 4.02. The van der Waals surface area contributed by atoms with Gasteiger partial charge in [0.05, 0.1) is 0 Å². The van der Waals surface area contributed by atoms with Gasteiger partial charge in [-0.15, -0.1) is 11.3 Å². The van der Waals surface area contributed by atoms with E-state index in [1.807, 2.05) is 11.3 Å². The highest BCUT2D eigenvalue weighted by atomic mass is 32.1. The van der Waals surface area contributed by atoms with Crippen molar-refractivity contribution in [2.45, 2.75) is 58.5 Å². The van der Waals surface area contributed by atoms with E-state index < -0.39 is 0 Å². The summed E-state index contributed by atoms with van der Waals surface area (Å²) in [7, 11) is 0. The van der Waals surface area contributed by atoms with Crippen LogP contribution in [0.25, 0.3) is 0 Å². The molecule has 2 rings (SSSR count). The Morgan fingerprint density at radius 2 is 1.76 bits per heavy atom. The Morgan fingerprint density at radius 3 is 2.24 bits per heavy atom. The highest BCUT2D eigenvalue weighted by Crippen LogP contribution is 2.27. The maximum Gasteiger partial charge on any atom is 0.0416 e. The fourth-order valence-electron chi connectivity index (χ4n) is 2.56. The smallest absolute Gasteiger partial charge is 0.0416 e. The van der Waals surface area contributed by atoms with Gasteiger partial charge in [-0.1, -0.05) is 58.0 Å². The van der Waals surface area contributed by atoms with Gasteiger partial charge in [0.2, 0.25) is 0 Å². The van der Waals surface area contributed by atoms with Gasteiger partial charge < -0.3 is 5.32 Å². The Kier molecular flexibility index (Phi) is 5.23. The molecule has 0 aliphatic rings. The summed E-state index contributed by atoms with van der Waals surface area (Å²) in [5, 5.41) is 5.91. The van der Waals surface area contributed by atoms with Crippen LogP contribution in [0, 0.1) is 0 Å². The van der Waals surface area contributed by atoms with Crippen LogP contribution < -0.4 is 5.32 Å². The minimum atomic E-state index is 0.220. The third-order valence-corrected chi connectivity index (χ3v) is 5.01. The fraction of sp³-hybridized carbons (Fsp3) is 0.474. The molecule has 1 aromatic carbocycles. The number of nitrogens with one attached hydrogen (secondary N) is 1. The van der Waals surface area contributed by atoms with Gasteiger partial charge in [0.25, 0.3) is 0 Å². The molecule has 0 spiro atoms. The molecule has 1 heterocycles. The lowest BCUT2D eigenvalue weighted by atomic mass is 9.86. The standard InChI is InChI=1S/C19H27NS/c1-6-17(18-8-7-13-21-18)20-14(2)15-9-11-16(12-10-15)19(3,4)5/h7-14,17,20H,6H2,1-5H3. The minimum Gasteiger partial charge on any atom is -0.303 e. The normalized spacial score (nSPS) is 14.9. The van der Waals surface area contributed by atoms with E-state index in [2.05, 4.69) is 81.7 Å². The fourth-order valence-corrected chi connectivity index (χ4v) is 3.43. The van der Waals surface area contributed by atoms with E-state index in [4.69, 9.17) is 0 Å². The molecule has 2 unspecified atom stereocenters. The Balaban J connectivity index is 2.07. The number of hydrogen-bond acceptors (Lipinski definition) is 2. The SMILES string of the molecule is CCC(NC(C)c1ccc(C(C)(C)C)cc1)c1cccs1. The van der Waals surface area contributed by atoms with Crippen molar-refractivity contribution >= 4 is 11.3 Å². The first-order chi connectivity index (χ1) is 9.91. The Morgan fingerprint density at radius 1 is 1.10 bits per heavy atom. The molecule has 1 N–H and O–H groups in total. The molecule has 0 saturated carbocycles. The second kappa shape index (κ2) is 6.76. The zero-order valence-corrected chi connectivity index (χ0v) is 14.6. The zero-order valence-electron chi connectivity index (χ0n) is 13.8. The van der Waals surface area contributed by atoms with Crippen molar-refractivity contribution in [2.75, 3.05) is 0 Å². The summed E-state index contributed by atoms with van der Waals surface area (Å²) in [5.41, 5.74) is 2.97. The van der Waals surface area contributed by atoms with Crippen molar-refractivity contribution in [3.63, 3.8) is 0 Å². The maximum atomic E-state index is 3.75. The molecule has 2 aromatic rings. The lowest BCUT2D eigenvalue weighted by molar-refractivity contribution is 0.461. The van der Waals surface area contributed by atoms with Crippen molar-refractivity contribution in [3.05, 3.63) is 57.8 Å². The first-order valence-electron chi connectivity index (χ1n) is 7.81. The molecule has 114 valence electrons. The van der Waals surface area contributed by atoms with Crippen LogP contribution in [0.4, 0.5) is 0 Å². The molecule has 0 radical (unpaired) electrons. The topological polar surface area (TPSA) is 12.0 Å². The largest absolute Gasteiger partial charge is 0.303 e. The van der Waals surface area contributed by atoms with Crippen LogP contribution in [0.15, 0.2) is 41.8 Å². The summed E-state index contributed by atoms with van der Waals surface area (Å²) >= 11 is 1.84. The average molecular weight is 301 g/mol. The Hall–Kier alpha value is -1.12. The second-order valence-electron chi connectivity index (χ2n) is 6.74. The molecule has 1 aromatic heterocycles. The second-order valence-corrected chi connectivity index (χ2v) is 7.72. The first-order valence-corrected chi connectivity index (χ1v) is 8.69. The summed E-state index contributed by atoms with van der Waals surface area (Å²) < 4.78 is 0. The van der Waals surface area contributed by atoms with E-state index in [-0.39, 0.29) is 5.41 Å². The number of benzene rings is 1. The lowest BCUT2D eigenvalue weighted by Crippen LogP contribution is -2.23. The summed E-state index contributed by atoms with van der Waals surface area (Å²) in [6.07, 6.45) is 1.12. The quantitative estimate of drug-likeness (QED) is 0.730. The van der Waals surface area contributed by atoms with E-state index in [1.165, 1.54) is 16.0 Å². The molecule has 2 atom stereocenters. The van der Waals surface area contributed by atoms with Gasteiger partial charge in [-0.3, -0.25) is 0 Å².